The molecule has 2 atom stereocenters. The third-order valence-corrected chi connectivity index (χ3v) is 3.11. The number of hydrogen-bond acceptors (Lipinski definition) is 6. The fourth-order valence-corrected chi connectivity index (χ4v) is 2.06. The second-order valence-corrected chi connectivity index (χ2v) is 4.53. The average molecular weight is 287 g/mol. The quantitative estimate of drug-likeness (QED) is 0.829. The van der Waals surface area contributed by atoms with Crippen molar-refractivity contribution in [1.29, 1.82) is 0 Å². The highest BCUT2D eigenvalue weighted by molar-refractivity contribution is 5.98. The smallest absolute Gasteiger partial charge is 0.351 e. The molecule has 0 aliphatic carbocycles. The maximum absolute atomic E-state index is 12.2. The minimum Gasteiger partial charge on any atom is -0.383 e. The van der Waals surface area contributed by atoms with E-state index >= 15 is 0 Å². The Morgan fingerprint density at radius 3 is 2.76 bits per heavy atom. The first kappa shape index (κ1) is 13.5. The lowest BCUT2D eigenvalue weighted by Crippen LogP contribution is -2.29. The summed E-state index contributed by atoms with van der Waals surface area (Å²) in [6.45, 7) is 0.0920. The van der Waals surface area contributed by atoms with Crippen LogP contribution in [0.1, 0.15) is 16.6 Å². The van der Waals surface area contributed by atoms with Crippen molar-refractivity contribution >= 4 is 11.6 Å². The van der Waals surface area contributed by atoms with Gasteiger partial charge in [-0.1, -0.05) is 30.3 Å². The van der Waals surface area contributed by atoms with Gasteiger partial charge in [0.1, 0.15) is 5.82 Å². The van der Waals surface area contributed by atoms with E-state index in [-0.39, 0.29) is 18.2 Å². The van der Waals surface area contributed by atoms with Crippen molar-refractivity contribution < 1.29 is 14.3 Å². The van der Waals surface area contributed by atoms with Crippen molar-refractivity contribution in [1.82, 2.24) is 9.55 Å². The number of Topliss-reactive ketones (excluding diaryl/α,β-unsaturated/α-hetero) is 1. The monoisotopic (exact) mass is 287 g/mol. The number of carbonyl (C=O) groups excluding carboxylic acids is 1. The van der Waals surface area contributed by atoms with Gasteiger partial charge in [-0.15, -0.1) is 0 Å². The molecule has 0 saturated carbocycles. The second kappa shape index (κ2) is 5.47. The fraction of sp³-hybridized carbons (Fsp3) is 0.214. The fourth-order valence-electron chi connectivity index (χ4n) is 2.06. The third kappa shape index (κ3) is 2.69. The molecule has 3 rings (SSSR count). The van der Waals surface area contributed by atoms with Gasteiger partial charge in [0.25, 0.3) is 0 Å². The van der Waals surface area contributed by atoms with Crippen LogP contribution >= 0.6 is 0 Å². The Kier molecular flexibility index (Phi) is 3.51. The molecule has 21 heavy (non-hydrogen) atoms. The Morgan fingerprint density at radius 1 is 1.29 bits per heavy atom. The van der Waals surface area contributed by atoms with Gasteiger partial charge < -0.3 is 15.2 Å². The van der Waals surface area contributed by atoms with Gasteiger partial charge in [0.05, 0.1) is 6.61 Å². The van der Waals surface area contributed by atoms with Crippen LogP contribution in [-0.2, 0) is 9.47 Å². The second-order valence-electron chi connectivity index (χ2n) is 4.53. The maximum atomic E-state index is 12.2. The zero-order valence-electron chi connectivity index (χ0n) is 11.0. The summed E-state index contributed by atoms with van der Waals surface area (Å²) in [6, 6.07) is 10.2. The summed E-state index contributed by atoms with van der Waals surface area (Å²) in [5.74, 6) is -0.151. The number of hydrogen-bond donors (Lipinski definition) is 1. The highest BCUT2D eigenvalue weighted by Gasteiger charge is 2.33. The van der Waals surface area contributed by atoms with Gasteiger partial charge in [-0.05, 0) is 6.07 Å². The number of aromatic nitrogens is 2. The summed E-state index contributed by atoms with van der Waals surface area (Å²) in [5, 5.41) is 0. The number of rotatable bonds is 3. The Hall–Kier alpha value is -2.51. The number of anilines is 1. The van der Waals surface area contributed by atoms with Gasteiger partial charge in [0.15, 0.2) is 6.23 Å². The van der Waals surface area contributed by atoms with Crippen molar-refractivity contribution in [2.24, 2.45) is 0 Å². The lowest BCUT2D eigenvalue weighted by molar-refractivity contribution is -0.0486. The summed E-state index contributed by atoms with van der Waals surface area (Å²) in [5.41, 5.74) is 5.37. The van der Waals surface area contributed by atoms with E-state index in [0.717, 1.165) is 0 Å². The molecule has 7 heteroatoms. The van der Waals surface area contributed by atoms with Gasteiger partial charge in [0.2, 0.25) is 12.1 Å². The van der Waals surface area contributed by atoms with Crippen LogP contribution in [0.25, 0.3) is 0 Å². The minimum absolute atomic E-state index is 0.0920. The molecule has 0 bridgehead atoms. The van der Waals surface area contributed by atoms with E-state index in [1.165, 1.54) is 16.8 Å². The van der Waals surface area contributed by atoms with Crippen LogP contribution in [0, 0.1) is 0 Å². The van der Waals surface area contributed by atoms with Crippen LogP contribution < -0.4 is 11.4 Å². The highest BCUT2D eigenvalue weighted by atomic mass is 16.7. The van der Waals surface area contributed by atoms with E-state index in [2.05, 4.69) is 4.98 Å². The number of carbonyl (C=O) groups is 1. The molecule has 1 aromatic carbocycles. The molecule has 2 N–H and O–H groups in total. The molecule has 2 heterocycles. The molecule has 1 fully saturated rings. The Balaban J connectivity index is 1.76. The number of nitrogens with zero attached hydrogens (tertiary/aromatic N) is 2. The van der Waals surface area contributed by atoms with Gasteiger partial charge in [-0.2, -0.15) is 4.98 Å². The molecule has 108 valence electrons. The predicted molar refractivity (Wildman–Crippen MR) is 73.5 cm³/mol. The van der Waals surface area contributed by atoms with Crippen molar-refractivity contribution in [2.75, 3.05) is 12.3 Å². The van der Waals surface area contributed by atoms with Crippen LogP contribution in [0.3, 0.4) is 0 Å². The van der Waals surface area contributed by atoms with E-state index in [4.69, 9.17) is 15.2 Å². The van der Waals surface area contributed by atoms with Crippen LogP contribution in [0.2, 0.25) is 0 Å². The van der Waals surface area contributed by atoms with E-state index in [1.54, 1.807) is 24.3 Å². The molecule has 2 unspecified atom stereocenters. The first-order valence-electron chi connectivity index (χ1n) is 6.36. The van der Waals surface area contributed by atoms with Gasteiger partial charge >= 0.3 is 5.69 Å². The molecule has 7 nitrogen and oxygen atoms in total. The summed E-state index contributed by atoms with van der Waals surface area (Å²) < 4.78 is 12.1. The third-order valence-electron chi connectivity index (χ3n) is 3.11. The van der Waals surface area contributed by atoms with Crippen molar-refractivity contribution in [2.45, 2.75) is 12.5 Å². The van der Waals surface area contributed by atoms with Crippen LogP contribution in [0.15, 0.2) is 47.4 Å². The molecule has 0 spiro atoms. The number of nitrogens with two attached hydrogens (primary N) is 1. The summed E-state index contributed by atoms with van der Waals surface area (Å²) >= 11 is 0. The molecule has 1 aromatic heterocycles. The molecule has 1 saturated heterocycles. The molecule has 0 amide bonds. The topological polar surface area (TPSA) is 96.4 Å². The van der Waals surface area contributed by atoms with E-state index in [1.807, 2.05) is 6.07 Å². The molecule has 0 radical (unpaired) electrons. The SMILES string of the molecule is Nc1ccn(C2COC(C(=O)c3ccccc3)O2)c(=O)n1. The maximum Gasteiger partial charge on any atom is 0.351 e. The van der Waals surface area contributed by atoms with Crippen LogP contribution in [-0.4, -0.2) is 28.2 Å². The standard InChI is InChI=1S/C14H13N3O4/c15-10-6-7-17(14(19)16-10)11-8-20-13(21-11)12(18)9-4-2-1-3-5-9/h1-7,11,13H,8H2,(H2,15,16,19). The van der Waals surface area contributed by atoms with Crippen molar-refractivity contribution in [3.05, 3.63) is 58.6 Å². The number of nitrogen functional groups attached to an aromatic ring is 1. The van der Waals surface area contributed by atoms with E-state index < -0.39 is 18.2 Å². The van der Waals surface area contributed by atoms with Crippen LogP contribution in [0.4, 0.5) is 5.82 Å². The zero-order valence-corrected chi connectivity index (χ0v) is 11.0. The number of ketones is 1. The van der Waals surface area contributed by atoms with Crippen LogP contribution in [0.5, 0.6) is 0 Å². The molecular weight excluding hydrogens is 274 g/mol. The van der Waals surface area contributed by atoms with Crippen molar-refractivity contribution in [3.63, 3.8) is 0 Å². The Labute approximate surface area is 119 Å². The molecular formula is C14H13N3O4. The first-order chi connectivity index (χ1) is 10.1. The first-order valence-corrected chi connectivity index (χ1v) is 6.36. The van der Waals surface area contributed by atoms with Crippen molar-refractivity contribution in [3.8, 4) is 0 Å². The Morgan fingerprint density at radius 2 is 2.05 bits per heavy atom. The number of ether oxygens (including phenoxy) is 2. The average Bonchev–Trinajstić information content (AvgIpc) is 2.97. The lowest BCUT2D eigenvalue weighted by atomic mass is 10.1. The summed E-state index contributed by atoms with van der Waals surface area (Å²) in [7, 11) is 0. The number of benzene rings is 1. The van der Waals surface area contributed by atoms with E-state index in [9.17, 15) is 9.59 Å². The highest BCUT2D eigenvalue weighted by Crippen LogP contribution is 2.22. The van der Waals surface area contributed by atoms with Gasteiger partial charge in [-0.3, -0.25) is 9.36 Å². The predicted octanol–water partition coefficient (Wildman–Crippen LogP) is 0.580. The van der Waals surface area contributed by atoms with Gasteiger partial charge in [0, 0.05) is 11.8 Å². The van der Waals surface area contributed by atoms with E-state index in [0.29, 0.717) is 5.56 Å². The normalized spacial score (nSPS) is 21.3. The Bertz CT molecular complexity index is 714. The summed E-state index contributed by atoms with van der Waals surface area (Å²) in [6.07, 6.45) is -0.251. The zero-order chi connectivity index (χ0) is 14.8. The molecule has 1 aliphatic rings. The summed E-state index contributed by atoms with van der Waals surface area (Å²) in [4.78, 5) is 27.5. The molecule has 1 aliphatic heterocycles. The minimum atomic E-state index is -1.03. The van der Waals surface area contributed by atoms with Gasteiger partial charge in [-0.25, -0.2) is 4.79 Å². The largest absolute Gasteiger partial charge is 0.383 e. The molecule has 2 aromatic rings. The lowest BCUT2D eigenvalue weighted by Gasteiger charge is -2.12.